The Kier molecular flexibility index (Phi) is 41.0. The third kappa shape index (κ3) is 40.0. The summed E-state index contributed by atoms with van der Waals surface area (Å²) in [6.07, 6.45) is 25.5. The number of unbranched alkanes of at least 4 members (excludes halogenated alkanes) is 10. The molecule has 0 saturated carbocycles. The van der Waals surface area contributed by atoms with Crippen LogP contribution in [-0.2, 0) is 34.8 Å². The van der Waals surface area contributed by atoms with Gasteiger partial charge in [-0.3, -0.25) is 0 Å². The normalized spacial score (nSPS) is 11.8. The number of carbonyl (C=O) groups is 2. The zero-order valence-electron chi connectivity index (χ0n) is 35.7. The molecule has 0 saturated heterocycles. The summed E-state index contributed by atoms with van der Waals surface area (Å²) < 4.78 is 3.25. The number of aliphatic hydroxyl groups is 2. The first kappa shape index (κ1) is 55.8. The molecule has 0 radical (unpaired) electrons. The van der Waals surface area contributed by atoms with Crippen molar-refractivity contribution >= 4 is 56.6 Å². The SMILES string of the molecule is CC(C)CCCCCC(O)(CCCCCC(C)C)C(=O)[S-].CC(C)CCCCCC(O)(CCCCCC(C)C)C(=O)[S-].CCC[CH2][Sn+2][CH2]CCC. The van der Waals surface area contributed by atoms with Gasteiger partial charge in [-0.1, -0.05) is 158 Å². The fourth-order valence-electron chi connectivity index (χ4n) is 5.97. The molecule has 51 heavy (non-hydrogen) atoms. The van der Waals surface area contributed by atoms with Crippen molar-refractivity contribution in [1.29, 1.82) is 0 Å². The summed E-state index contributed by atoms with van der Waals surface area (Å²) in [6.45, 7) is 22.4. The van der Waals surface area contributed by atoms with E-state index in [0.29, 0.717) is 25.7 Å². The minimum absolute atomic E-state index is 0.149. The molecule has 2 N–H and O–H groups in total. The Hall–Kier alpha value is 0.499. The van der Waals surface area contributed by atoms with E-state index in [0.717, 1.165) is 75.0 Å². The van der Waals surface area contributed by atoms with Crippen LogP contribution in [0.4, 0.5) is 0 Å². The summed E-state index contributed by atoms with van der Waals surface area (Å²) in [7, 11) is 0. The molecule has 0 aliphatic heterocycles. The maximum absolute atomic E-state index is 11.6. The summed E-state index contributed by atoms with van der Waals surface area (Å²) in [6, 6.07) is 0. The van der Waals surface area contributed by atoms with Crippen molar-refractivity contribution in [3.05, 3.63) is 0 Å². The van der Waals surface area contributed by atoms with E-state index in [4.69, 9.17) is 25.3 Å². The van der Waals surface area contributed by atoms with E-state index in [9.17, 15) is 19.8 Å². The molecule has 0 aromatic heterocycles. The molecular weight excluding hydrogens is 775 g/mol. The van der Waals surface area contributed by atoms with Crippen LogP contribution < -0.4 is 0 Å². The molecule has 0 spiro atoms. The van der Waals surface area contributed by atoms with Crippen LogP contribution in [0.3, 0.4) is 0 Å². The maximum atomic E-state index is 11.6. The molecule has 0 amide bonds. The van der Waals surface area contributed by atoms with Crippen LogP contribution in [-0.4, -0.2) is 52.8 Å². The van der Waals surface area contributed by atoms with E-state index >= 15 is 0 Å². The Labute approximate surface area is 341 Å². The Bertz CT molecular complexity index is 674. The quantitative estimate of drug-likeness (QED) is 0.0399. The Morgan fingerprint density at radius 2 is 0.686 bits per heavy atom. The molecule has 0 fully saturated rings. The molecule has 0 aliphatic rings. The van der Waals surface area contributed by atoms with Crippen LogP contribution in [0.1, 0.15) is 223 Å². The van der Waals surface area contributed by atoms with Crippen molar-refractivity contribution in [3.8, 4) is 0 Å². The second-order valence-corrected chi connectivity index (χ2v) is 22.1. The average molecular weight is 864 g/mol. The van der Waals surface area contributed by atoms with Gasteiger partial charge in [-0.15, -0.1) is 0 Å². The second kappa shape index (κ2) is 37.4. The van der Waals surface area contributed by atoms with Crippen LogP contribution in [0.15, 0.2) is 0 Å². The average Bonchev–Trinajstić information content (AvgIpc) is 3.04. The summed E-state index contributed by atoms with van der Waals surface area (Å²) >= 11 is 9.68. The fraction of sp³-hybridized carbons (Fsp3) is 0.955. The molecule has 0 rings (SSSR count). The Morgan fingerprint density at radius 1 is 0.451 bits per heavy atom. The Balaban J connectivity index is -0.000000731. The van der Waals surface area contributed by atoms with Crippen molar-refractivity contribution in [2.45, 2.75) is 243 Å². The van der Waals surface area contributed by atoms with Gasteiger partial charge in [0.25, 0.3) is 0 Å². The third-order valence-electron chi connectivity index (χ3n) is 9.66. The van der Waals surface area contributed by atoms with Crippen LogP contribution >= 0.6 is 0 Å². The van der Waals surface area contributed by atoms with Gasteiger partial charge in [0.05, 0.1) is 0 Å². The first-order valence-electron chi connectivity index (χ1n) is 21.6. The van der Waals surface area contributed by atoms with E-state index in [1.807, 2.05) is 0 Å². The van der Waals surface area contributed by atoms with Crippen LogP contribution in [0, 0.1) is 23.7 Å². The molecule has 4 nitrogen and oxygen atoms in total. The predicted molar refractivity (Wildman–Crippen MR) is 232 cm³/mol. The summed E-state index contributed by atoms with van der Waals surface area (Å²) in [5.74, 6) is 2.91. The van der Waals surface area contributed by atoms with E-state index in [-0.39, 0.29) is 21.1 Å². The summed E-state index contributed by atoms with van der Waals surface area (Å²) in [5.41, 5.74) is -2.49. The molecule has 0 heterocycles. The van der Waals surface area contributed by atoms with Gasteiger partial charge in [0.1, 0.15) is 11.2 Å². The van der Waals surface area contributed by atoms with Crippen LogP contribution in [0.2, 0.25) is 8.87 Å². The van der Waals surface area contributed by atoms with Crippen LogP contribution in [0.5, 0.6) is 0 Å². The molecular formula is C44H88O4S2Sn. The molecule has 0 atom stereocenters. The van der Waals surface area contributed by atoms with Gasteiger partial charge >= 0.3 is 69.5 Å². The Morgan fingerprint density at radius 3 is 0.863 bits per heavy atom. The molecule has 0 aromatic carbocycles. The first-order valence-corrected chi connectivity index (χ1v) is 26.4. The predicted octanol–water partition coefficient (Wildman–Crippen LogP) is 13.1. The monoisotopic (exact) mass is 865 g/mol. The molecule has 304 valence electrons. The number of rotatable bonds is 32. The van der Waals surface area contributed by atoms with E-state index in [1.165, 1.54) is 77.0 Å². The third-order valence-corrected chi connectivity index (χ3v) is 14.5. The van der Waals surface area contributed by atoms with Gasteiger partial charge in [0.2, 0.25) is 0 Å². The molecule has 0 aliphatic carbocycles. The molecule has 7 heteroatoms. The van der Waals surface area contributed by atoms with E-state index < -0.39 is 21.4 Å². The van der Waals surface area contributed by atoms with Gasteiger partial charge in [0.15, 0.2) is 0 Å². The molecule has 0 bridgehead atoms. The van der Waals surface area contributed by atoms with Crippen molar-refractivity contribution in [2.75, 3.05) is 0 Å². The number of carbonyl (C=O) groups excluding carboxylic acids is 2. The minimum atomic E-state index is -1.25. The van der Waals surface area contributed by atoms with Crippen molar-refractivity contribution in [1.82, 2.24) is 0 Å². The van der Waals surface area contributed by atoms with Gasteiger partial charge in [-0.05, 0) is 49.4 Å². The second-order valence-electron chi connectivity index (χ2n) is 17.1. The number of hydrogen-bond donors (Lipinski definition) is 2. The topological polar surface area (TPSA) is 74.6 Å². The van der Waals surface area contributed by atoms with Gasteiger partial charge in [-0.25, -0.2) is 0 Å². The van der Waals surface area contributed by atoms with Crippen molar-refractivity contribution in [2.24, 2.45) is 23.7 Å². The summed E-state index contributed by atoms with van der Waals surface area (Å²) in [4.78, 5) is 23.1. The van der Waals surface area contributed by atoms with Gasteiger partial charge in [-0.2, -0.15) is 0 Å². The number of hydrogen-bond acceptors (Lipinski definition) is 6. The summed E-state index contributed by atoms with van der Waals surface area (Å²) in [5, 5.41) is 20.0. The standard InChI is InChI=1S/2C18H36O2S.2C4H9.Sn/c2*1-15(2)11-7-5-9-13-18(20,17(19)21)14-10-6-8-12-16(3)4;2*1-3-4-2;/h2*15-16,20H,5-14H2,1-4H3,(H,19,21);2*1,3-4H2,2H3;/q;;;;+2/p-2. The fourth-order valence-corrected chi connectivity index (χ4v) is 10.5. The zero-order valence-corrected chi connectivity index (χ0v) is 40.2. The zero-order chi connectivity index (χ0) is 39.6. The molecule has 0 aromatic rings. The van der Waals surface area contributed by atoms with Gasteiger partial charge in [0, 0.05) is 10.2 Å². The first-order chi connectivity index (χ1) is 24.0. The molecule has 0 unspecified atom stereocenters. The van der Waals surface area contributed by atoms with Crippen molar-refractivity contribution in [3.63, 3.8) is 0 Å². The van der Waals surface area contributed by atoms with Gasteiger partial charge < -0.3 is 45.1 Å². The van der Waals surface area contributed by atoms with E-state index in [2.05, 4.69) is 69.2 Å². The van der Waals surface area contributed by atoms with E-state index in [1.54, 1.807) is 8.87 Å². The van der Waals surface area contributed by atoms with Crippen LogP contribution in [0.25, 0.3) is 0 Å². The van der Waals surface area contributed by atoms with Crippen molar-refractivity contribution < 1.29 is 19.8 Å².